The average molecular weight is 527 g/mol. The highest BCUT2D eigenvalue weighted by Gasteiger charge is 2.33. The van der Waals surface area contributed by atoms with Gasteiger partial charge in [-0.2, -0.15) is 13.2 Å². The number of aliphatic imine (C=N–C) groups is 1. The minimum Gasteiger partial charge on any atom is -0.468 e. The molecule has 2 fully saturated rings. The van der Waals surface area contributed by atoms with Gasteiger partial charge in [-0.3, -0.25) is 4.79 Å². The van der Waals surface area contributed by atoms with E-state index in [-0.39, 0.29) is 23.5 Å². The van der Waals surface area contributed by atoms with Crippen LogP contribution in [0.4, 0.5) is 23.2 Å². The first-order chi connectivity index (χ1) is 17.6. The zero-order valence-electron chi connectivity index (χ0n) is 20.9. The molecule has 2 aliphatic heterocycles. The Kier molecular flexibility index (Phi) is 10.1. The molecule has 2 heterocycles. The van der Waals surface area contributed by atoms with Crippen LogP contribution in [-0.2, 0) is 9.53 Å². The Labute approximate surface area is 214 Å². The second kappa shape index (κ2) is 13.0. The maximum Gasteiger partial charge on any atom is 0.422 e. The van der Waals surface area contributed by atoms with Crippen molar-refractivity contribution in [3.8, 4) is 0 Å². The lowest BCUT2D eigenvalue weighted by Gasteiger charge is -2.30. The predicted octanol–water partition coefficient (Wildman–Crippen LogP) is 3.66. The van der Waals surface area contributed by atoms with Crippen LogP contribution in [0, 0.1) is 11.7 Å². The zero-order valence-corrected chi connectivity index (χ0v) is 20.9. The summed E-state index contributed by atoms with van der Waals surface area (Å²) in [5.74, 6) is -1.12. The van der Waals surface area contributed by atoms with Crippen molar-refractivity contribution < 1.29 is 32.2 Å². The molecule has 0 saturated carbocycles. The fourth-order valence-corrected chi connectivity index (χ4v) is 4.55. The van der Waals surface area contributed by atoms with Crippen molar-refractivity contribution in [3.05, 3.63) is 53.7 Å². The summed E-state index contributed by atoms with van der Waals surface area (Å²) in [5, 5.41) is 14.1. The van der Waals surface area contributed by atoms with Crippen molar-refractivity contribution in [3.63, 3.8) is 0 Å². The van der Waals surface area contributed by atoms with Crippen LogP contribution in [0.15, 0.2) is 52.9 Å². The van der Waals surface area contributed by atoms with E-state index < -0.39 is 24.9 Å². The molecule has 2 N–H and O–H groups in total. The standard InChI is InChI=1S/C26H34F4N4O3/c1-18(5-10-23(31-2)37-17-26(28,29)30)24(35)22(16-33-12-3-4-13-33)32-25(36)19-11-14-34(15-19)21-8-6-20(27)7-9-21/h5-10,19,22,24,35H,2-4,11-17H2,1H3,(H,32,36)/b18-5+,23-10+/t19-,22+,24+/m0/s1. The van der Waals surface area contributed by atoms with Crippen molar-refractivity contribution in [2.24, 2.45) is 10.9 Å². The number of hydrogen-bond donors (Lipinski definition) is 2. The number of benzene rings is 1. The van der Waals surface area contributed by atoms with Crippen LogP contribution in [0.2, 0.25) is 0 Å². The number of aliphatic hydroxyl groups is 1. The third-order valence-electron chi connectivity index (χ3n) is 6.61. The number of rotatable bonds is 11. The quantitative estimate of drug-likeness (QED) is 0.199. The van der Waals surface area contributed by atoms with Gasteiger partial charge in [0.25, 0.3) is 0 Å². The van der Waals surface area contributed by atoms with Crippen molar-refractivity contribution in [1.29, 1.82) is 0 Å². The highest BCUT2D eigenvalue weighted by Crippen LogP contribution is 2.25. The van der Waals surface area contributed by atoms with Gasteiger partial charge >= 0.3 is 6.18 Å². The summed E-state index contributed by atoms with van der Waals surface area (Å²) in [6, 6.07) is 5.52. The summed E-state index contributed by atoms with van der Waals surface area (Å²) in [6.07, 6.45) is -0.270. The number of anilines is 1. The number of allylic oxidation sites excluding steroid dienone is 2. The van der Waals surface area contributed by atoms with Gasteiger partial charge in [0.05, 0.1) is 18.1 Å². The Balaban J connectivity index is 1.66. The van der Waals surface area contributed by atoms with Gasteiger partial charge in [0, 0.05) is 31.4 Å². The lowest BCUT2D eigenvalue weighted by atomic mass is 10.0. The highest BCUT2D eigenvalue weighted by atomic mass is 19.4. The minimum atomic E-state index is -4.51. The minimum absolute atomic E-state index is 0.182. The van der Waals surface area contributed by atoms with Crippen molar-refractivity contribution in [2.45, 2.75) is 44.5 Å². The van der Waals surface area contributed by atoms with Gasteiger partial charge in [-0.15, -0.1) is 0 Å². The van der Waals surface area contributed by atoms with Gasteiger partial charge in [0.2, 0.25) is 11.8 Å². The fraction of sp³-hybridized carbons (Fsp3) is 0.538. The van der Waals surface area contributed by atoms with E-state index in [9.17, 15) is 27.5 Å². The Hall–Kier alpha value is -2.92. The van der Waals surface area contributed by atoms with Crippen LogP contribution < -0.4 is 10.2 Å². The summed E-state index contributed by atoms with van der Waals surface area (Å²) in [6.45, 7) is 6.63. The molecule has 3 atom stereocenters. The first-order valence-electron chi connectivity index (χ1n) is 12.3. The van der Waals surface area contributed by atoms with Gasteiger partial charge in [-0.05, 0) is 75.8 Å². The lowest BCUT2D eigenvalue weighted by molar-refractivity contribution is -0.164. The van der Waals surface area contributed by atoms with Gasteiger partial charge < -0.3 is 25.0 Å². The largest absolute Gasteiger partial charge is 0.468 e. The predicted molar refractivity (Wildman–Crippen MR) is 134 cm³/mol. The molecule has 0 radical (unpaired) electrons. The van der Waals surface area contributed by atoms with Crippen LogP contribution in [-0.4, -0.2) is 80.3 Å². The molecule has 1 aromatic carbocycles. The molecule has 1 aromatic rings. The fourth-order valence-electron chi connectivity index (χ4n) is 4.55. The van der Waals surface area contributed by atoms with Crippen molar-refractivity contribution >= 4 is 18.3 Å². The van der Waals surface area contributed by atoms with E-state index in [2.05, 4.69) is 26.7 Å². The molecule has 7 nitrogen and oxygen atoms in total. The normalized spacial score (nSPS) is 21.1. The molecule has 0 spiro atoms. The summed E-state index contributed by atoms with van der Waals surface area (Å²) in [7, 11) is 0. The Morgan fingerprint density at radius 1 is 1.24 bits per heavy atom. The third-order valence-corrected chi connectivity index (χ3v) is 6.61. The van der Waals surface area contributed by atoms with Crippen LogP contribution in [0.25, 0.3) is 0 Å². The Morgan fingerprint density at radius 2 is 1.92 bits per heavy atom. The van der Waals surface area contributed by atoms with Crippen LogP contribution in [0.5, 0.6) is 0 Å². The number of halogens is 4. The molecule has 204 valence electrons. The number of alkyl halides is 3. The molecule has 0 aromatic heterocycles. The molecule has 0 aliphatic carbocycles. The van der Waals surface area contributed by atoms with Crippen LogP contribution in [0.3, 0.4) is 0 Å². The van der Waals surface area contributed by atoms with Crippen molar-refractivity contribution in [2.75, 3.05) is 44.2 Å². The summed E-state index contributed by atoms with van der Waals surface area (Å²) < 4.78 is 55.2. The molecule has 3 rings (SSSR count). The molecule has 0 bridgehead atoms. The number of likely N-dealkylation sites (tertiary alicyclic amines) is 1. The van der Waals surface area contributed by atoms with Gasteiger partial charge in [0.1, 0.15) is 5.82 Å². The van der Waals surface area contributed by atoms with Gasteiger partial charge in [-0.25, -0.2) is 9.38 Å². The van der Waals surface area contributed by atoms with Gasteiger partial charge in [0.15, 0.2) is 6.61 Å². The number of aliphatic hydroxyl groups excluding tert-OH is 1. The summed E-state index contributed by atoms with van der Waals surface area (Å²) in [5.41, 5.74) is 1.27. The number of nitrogens with one attached hydrogen (secondary N) is 1. The number of carbonyl (C=O) groups is 1. The van der Waals surface area contributed by atoms with Gasteiger partial charge in [-0.1, -0.05) is 6.08 Å². The Morgan fingerprint density at radius 3 is 2.54 bits per heavy atom. The zero-order chi connectivity index (χ0) is 27.0. The van der Waals surface area contributed by atoms with E-state index in [0.717, 1.165) is 31.6 Å². The summed E-state index contributed by atoms with van der Waals surface area (Å²) >= 11 is 0. The van der Waals surface area contributed by atoms with E-state index in [0.29, 0.717) is 31.6 Å². The maximum atomic E-state index is 13.3. The average Bonchev–Trinajstić information content (AvgIpc) is 3.55. The van der Waals surface area contributed by atoms with E-state index >= 15 is 0 Å². The molecule has 37 heavy (non-hydrogen) atoms. The number of ether oxygens (including phenoxy) is 1. The number of nitrogens with zero attached hydrogens (tertiary/aromatic N) is 3. The molecule has 1 amide bonds. The first-order valence-corrected chi connectivity index (χ1v) is 12.3. The second-order valence-corrected chi connectivity index (χ2v) is 9.45. The topological polar surface area (TPSA) is 77.4 Å². The van der Waals surface area contributed by atoms with E-state index in [4.69, 9.17) is 0 Å². The molecule has 0 unspecified atom stereocenters. The molecular formula is C26H34F4N4O3. The summed E-state index contributed by atoms with van der Waals surface area (Å²) in [4.78, 5) is 20.8. The monoisotopic (exact) mass is 526 g/mol. The molecule has 11 heteroatoms. The SMILES string of the molecule is C=N/C(=C\C=C(/C)[C@@H](O)[C@@H](CN1CCCC1)NC(=O)[C@H]1CCN(c2ccc(F)cc2)C1)OCC(F)(F)F. The van der Waals surface area contributed by atoms with E-state index in [1.807, 2.05) is 4.90 Å². The van der Waals surface area contributed by atoms with Crippen molar-refractivity contribution in [1.82, 2.24) is 10.2 Å². The van der Waals surface area contributed by atoms with E-state index in [1.165, 1.54) is 24.3 Å². The van der Waals surface area contributed by atoms with Crippen LogP contribution >= 0.6 is 0 Å². The molecule has 2 saturated heterocycles. The number of carbonyl (C=O) groups excluding carboxylic acids is 1. The number of hydrogen-bond acceptors (Lipinski definition) is 6. The Bertz CT molecular complexity index is 975. The smallest absolute Gasteiger partial charge is 0.422 e. The van der Waals surface area contributed by atoms with E-state index in [1.54, 1.807) is 19.1 Å². The lowest BCUT2D eigenvalue weighted by Crippen LogP contribution is -2.52. The third kappa shape index (κ3) is 8.85. The highest BCUT2D eigenvalue weighted by molar-refractivity contribution is 5.80. The molecule has 2 aliphatic rings. The van der Waals surface area contributed by atoms with Crippen LogP contribution in [0.1, 0.15) is 26.2 Å². The maximum absolute atomic E-state index is 13.3. The molecular weight excluding hydrogens is 492 g/mol. The first kappa shape index (κ1) is 28.6. The number of amides is 1. The second-order valence-electron chi connectivity index (χ2n) is 9.45.